The monoisotopic (exact) mass is 257 g/mol. The van der Waals surface area contributed by atoms with E-state index in [9.17, 15) is 8.42 Å². The van der Waals surface area contributed by atoms with Gasteiger partial charge in [0.2, 0.25) is 0 Å². The minimum atomic E-state index is -2.78. The maximum Gasteiger partial charge on any atom is 0.150 e. The van der Waals surface area contributed by atoms with Gasteiger partial charge in [0.05, 0.1) is 22.9 Å². The zero-order chi connectivity index (χ0) is 12.5. The fourth-order valence-electron chi connectivity index (χ4n) is 2.17. The van der Waals surface area contributed by atoms with Crippen molar-refractivity contribution in [2.24, 2.45) is 7.05 Å². The molecule has 0 radical (unpaired) electrons. The second kappa shape index (κ2) is 4.68. The lowest BCUT2D eigenvalue weighted by Gasteiger charge is -2.23. The fraction of sp³-hybridized carbons (Fsp3) is 0.727. The van der Waals surface area contributed by atoms with Crippen LogP contribution in [0.3, 0.4) is 0 Å². The van der Waals surface area contributed by atoms with Crippen LogP contribution in [0.25, 0.3) is 0 Å². The minimum absolute atomic E-state index is 0.257. The Morgan fingerprint density at radius 3 is 2.71 bits per heavy atom. The van der Waals surface area contributed by atoms with E-state index in [0.717, 1.165) is 17.8 Å². The largest absolute Gasteiger partial charge is 0.379 e. The molecule has 0 aliphatic carbocycles. The van der Waals surface area contributed by atoms with Crippen LogP contribution in [0.1, 0.15) is 25.5 Å². The fourth-order valence-corrected chi connectivity index (χ4v) is 3.66. The van der Waals surface area contributed by atoms with E-state index in [2.05, 4.69) is 17.3 Å². The predicted molar refractivity (Wildman–Crippen MR) is 67.9 cm³/mol. The molecule has 5 nitrogen and oxygen atoms in total. The molecular formula is C11H19N3O2S. The predicted octanol–water partition coefficient (Wildman–Crippen LogP) is 0.972. The molecule has 0 bridgehead atoms. The Kier molecular flexibility index (Phi) is 3.42. The summed E-state index contributed by atoms with van der Waals surface area (Å²) in [6.07, 6.45) is 4.23. The van der Waals surface area contributed by atoms with Crippen molar-refractivity contribution in [3.63, 3.8) is 0 Å². The van der Waals surface area contributed by atoms with E-state index in [1.165, 1.54) is 0 Å². The first-order valence-electron chi connectivity index (χ1n) is 5.99. The van der Waals surface area contributed by atoms with Gasteiger partial charge in [-0.25, -0.2) is 8.42 Å². The second-order valence-corrected chi connectivity index (χ2v) is 6.89. The average Bonchev–Trinajstić information content (AvgIpc) is 2.62. The van der Waals surface area contributed by atoms with Gasteiger partial charge in [-0.1, -0.05) is 6.92 Å². The maximum atomic E-state index is 11.3. The molecule has 0 amide bonds. The molecule has 0 spiro atoms. The van der Waals surface area contributed by atoms with Gasteiger partial charge in [0, 0.05) is 19.3 Å². The maximum absolute atomic E-state index is 11.3. The Hall–Kier alpha value is -1.04. The number of rotatable bonds is 3. The minimum Gasteiger partial charge on any atom is -0.379 e. The third-order valence-electron chi connectivity index (χ3n) is 3.15. The van der Waals surface area contributed by atoms with Crippen LogP contribution in [-0.2, 0) is 23.3 Å². The highest BCUT2D eigenvalue weighted by atomic mass is 32.2. The Morgan fingerprint density at radius 1 is 1.47 bits per heavy atom. The SMILES string of the molecule is CCc1nn(C)cc1NC1CCS(=O)(=O)CC1. The van der Waals surface area contributed by atoms with Gasteiger partial charge in [0.25, 0.3) is 0 Å². The highest BCUT2D eigenvalue weighted by Gasteiger charge is 2.24. The van der Waals surface area contributed by atoms with Crippen molar-refractivity contribution in [1.82, 2.24) is 9.78 Å². The smallest absolute Gasteiger partial charge is 0.150 e. The number of sulfone groups is 1. The van der Waals surface area contributed by atoms with Gasteiger partial charge < -0.3 is 5.32 Å². The molecule has 1 N–H and O–H groups in total. The second-order valence-electron chi connectivity index (χ2n) is 4.59. The van der Waals surface area contributed by atoms with Gasteiger partial charge in [0.15, 0.2) is 0 Å². The van der Waals surface area contributed by atoms with Gasteiger partial charge in [0.1, 0.15) is 9.84 Å². The van der Waals surface area contributed by atoms with Crippen molar-refractivity contribution in [2.75, 3.05) is 16.8 Å². The number of aromatic nitrogens is 2. The van der Waals surface area contributed by atoms with E-state index in [0.29, 0.717) is 24.3 Å². The highest BCUT2D eigenvalue weighted by molar-refractivity contribution is 7.91. The molecule has 0 aromatic carbocycles. The summed E-state index contributed by atoms with van der Waals surface area (Å²) in [4.78, 5) is 0. The first-order valence-corrected chi connectivity index (χ1v) is 7.82. The standard InChI is InChI=1S/C11H19N3O2S/c1-3-10-11(8-14(2)13-10)12-9-4-6-17(15,16)7-5-9/h8-9,12H,3-7H2,1-2H3. The van der Waals surface area contributed by atoms with Crippen LogP contribution in [0, 0.1) is 0 Å². The molecule has 1 aromatic rings. The number of hydrogen-bond donors (Lipinski definition) is 1. The highest BCUT2D eigenvalue weighted by Crippen LogP contribution is 2.20. The zero-order valence-electron chi connectivity index (χ0n) is 10.3. The van der Waals surface area contributed by atoms with Crippen molar-refractivity contribution >= 4 is 15.5 Å². The molecule has 96 valence electrons. The Morgan fingerprint density at radius 2 is 2.12 bits per heavy atom. The third-order valence-corrected chi connectivity index (χ3v) is 4.87. The summed E-state index contributed by atoms with van der Waals surface area (Å²) < 4.78 is 24.5. The first kappa shape index (κ1) is 12.4. The molecule has 1 aromatic heterocycles. The Bertz CT molecular complexity index is 479. The van der Waals surface area contributed by atoms with E-state index in [-0.39, 0.29) is 6.04 Å². The third kappa shape index (κ3) is 3.00. The summed E-state index contributed by atoms with van der Waals surface area (Å²) in [5, 5.41) is 7.77. The molecule has 1 saturated heterocycles. The van der Waals surface area contributed by atoms with Crippen molar-refractivity contribution in [3.05, 3.63) is 11.9 Å². The van der Waals surface area contributed by atoms with Crippen molar-refractivity contribution in [3.8, 4) is 0 Å². The molecule has 1 aliphatic heterocycles. The normalized spacial score (nSPS) is 20.4. The first-order chi connectivity index (χ1) is 8.00. The van der Waals surface area contributed by atoms with Gasteiger partial charge in [-0.15, -0.1) is 0 Å². The summed E-state index contributed by atoms with van der Waals surface area (Å²) >= 11 is 0. The van der Waals surface area contributed by atoms with Crippen molar-refractivity contribution in [1.29, 1.82) is 0 Å². The van der Waals surface area contributed by atoms with Gasteiger partial charge in [-0.05, 0) is 19.3 Å². The summed E-state index contributed by atoms with van der Waals surface area (Å²) in [6.45, 7) is 2.07. The quantitative estimate of drug-likeness (QED) is 0.876. The van der Waals surface area contributed by atoms with Crippen LogP contribution in [-0.4, -0.2) is 35.7 Å². The molecule has 17 heavy (non-hydrogen) atoms. The topological polar surface area (TPSA) is 64.0 Å². The van der Waals surface area contributed by atoms with Crippen molar-refractivity contribution in [2.45, 2.75) is 32.2 Å². The van der Waals surface area contributed by atoms with Crippen LogP contribution in [0.2, 0.25) is 0 Å². The summed E-state index contributed by atoms with van der Waals surface area (Å²) in [5.41, 5.74) is 2.08. The van der Waals surface area contributed by atoms with Crippen LogP contribution in [0.5, 0.6) is 0 Å². The van der Waals surface area contributed by atoms with Gasteiger partial charge in [-0.3, -0.25) is 4.68 Å². The van der Waals surface area contributed by atoms with Crippen LogP contribution >= 0.6 is 0 Å². The number of anilines is 1. The summed E-state index contributed by atoms with van der Waals surface area (Å²) in [6, 6.07) is 0.257. The Balaban J connectivity index is 2.02. The summed E-state index contributed by atoms with van der Waals surface area (Å²) in [7, 11) is -0.881. The average molecular weight is 257 g/mol. The van der Waals surface area contributed by atoms with E-state index in [1.54, 1.807) is 4.68 Å². The number of nitrogens with one attached hydrogen (secondary N) is 1. The zero-order valence-corrected chi connectivity index (χ0v) is 11.1. The van der Waals surface area contributed by atoms with Crippen LogP contribution < -0.4 is 5.32 Å². The lowest BCUT2D eigenvalue weighted by Crippen LogP contribution is -2.32. The molecule has 0 unspecified atom stereocenters. The number of hydrogen-bond acceptors (Lipinski definition) is 4. The molecular weight excluding hydrogens is 238 g/mol. The summed E-state index contributed by atoms with van der Waals surface area (Å²) in [5.74, 6) is 0.596. The lowest BCUT2D eigenvalue weighted by atomic mass is 10.1. The molecule has 0 atom stereocenters. The van der Waals surface area contributed by atoms with Gasteiger partial charge >= 0.3 is 0 Å². The van der Waals surface area contributed by atoms with Crippen molar-refractivity contribution < 1.29 is 8.42 Å². The lowest BCUT2D eigenvalue weighted by molar-refractivity contribution is 0.559. The molecule has 1 aliphatic rings. The Labute approximate surface area is 102 Å². The van der Waals surface area contributed by atoms with Crippen LogP contribution in [0.15, 0.2) is 6.20 Å². The number of nitrogens with zero attached hydrogens (tertiary/aromatic N) is 2. The molecule has 6 heteroatoms. The molecule has 2 rings (SSSR count). The molecule has 1 fully saturated rings. The van der Waals surface area contributed by atoms with Crippen LogP contribution in [0.4, 0.5) is 5.69 Å². The van der Waals surface area contributed by atoms with E-state index >= 15 is 0 Å². The molecule has 2 heterocycles. The van der Waals surface area contributed by atoms with E-state index < -0.39 is 9.84 Å². The number of aryl methyl sites for hydroxylation is 2. The van der Waals surface area contributed by atoms with E-state index in [1.807, 2.05) is 13.2 Å². The van der Waals surface area contributed by atoms with E-state index in [4.69, 9.17) is 0 Å². The molecule has 0 saturated carbocycles. The van der Waals surface area contributed by atoms with Gasteiger partial charge in [-0.2, -0.15) is 5.10 Å².